The number of fused-ring (bicyclic) bond motifs is 1. The second-order valence-electron chi connectivity index (χ2n) is 2.91. The topological polar surface area (TPSA) is 50.7 Å². The summed E-state index contributed by atoms with van der Waals surface area (Å²) in [6, 6.07) is 1.36. The fourth-order valence-electron chi connectivity index (χ4n) is 1.43. The lowest BCUT2D eigenvalue weighted by atomic mass is 10.3. The van der Waals surface area contributed by atoms with E-state index in [0.29, 0.717) is 16.2 Å². The zero-order chi connectivity index (χ0) is 9.59. The highest BCUT2D eigenvalue weighted by Crippen LogP contribution is 2.12. The Morgan fingerprint density at radius 3 is 3.00 bits per heavy atom. The zero-order valence-corrected chi connectivity index (χ0v) is 8.01. The number of aromatic nitrogens is 3. The number of halogens is 1. The predicted octanol–water partition coefficient (Wildman–Crippen LogP) is 1.22. The van der Waals surface area contributed by atoms with Gasteiger partial charge in [0.15, 0.2) is 5.43 Å². The molecule has 0 aliphatic heterocycles. The Kier molecular flexibility index (Phi) is 1.66. The van der Waals surface area contributed by atoms with Gasteiger partial charge in [-0.25, -0.2) is 0 Å². The standard InChI is InChI=1S/C8H8ClN3O/c1-4-7-5(13)3-6(9)10-8(7)12(2)11-4/h3H,1-2H3,(H,10,13). The molecule has 4 nitrogen and oxygen atoms in total. The summed E-state index contributed by atoms with van der Waals surface area (Å²) in [6.07, 6.45) is 0. The molecule has 0 aliphatic rings. The maximum Gasteiger partial charge on any atom is 0.194 e. The molecule has 2 aromatic rings. The van der Waals surface area contributed by atoms with E-state index < -0.39 is 0 Å². The molecule has 0 spiro atoms. The fourth-order valence-corrected chi connectivity index (χ4v) is 1.62. The van der Waals surface area contributed by atoms with Crippen molar-refractivity contribution in [2.24, 2.45) is 7.05 Å². The summed E-state index contributed by atoms with van der Waals surface area (Å²) in [6.45, 7) is 1.80. The molecule has 13 heavy (non-hydrogen) atoms. The highest BCUT2D eigenvalue weighted by Gasteiger charge is 2.09. The van der Waals surface area contributed by atoms with Crippen molar-refractivity contribution in [1.82, 2.24) is 14.8 Å². The molecule has 0 saturated heterocycles. The SMILES string of the molecule is Cc1nn(C)c2[nH]c(Cl)cc(=O)c12. The number of hydrogen-bond acceptors (Lipinski definition) is 2. The number of nitrogens with zero attached hydrogens (tertiary/aromatic N) is 2. The number of hydrogen-bond donors (Lipinski definition) is 1. The molecule has 0 unspecified atom stereocenters. The van der Waals surface area contributed by atoms with E-state index in [-0.39, 0.29) is 5.43 Å². The molecular weight excluding hydrogens is 190 g/mol. The van der Waals surface area contributed by atoms with E-state index in [1.807, 2.05) is 0 Å². The Balaban J connectivity index is 3.06. The van der Waals surface area contributed by atoms with Crippen molar-refractivity contribution in [3.8, 4) is 0 Å². The van der Waals surface area contributed by atoms with E-state index in [1.54, 1.807) is 18.7 Å². The van der Waals surface area contributed by atoms with Crippen molar-refractivity contribution >= 4 is 22.6 Å². The van der Waals surface area contributed by atoms with Crippen LogP contribution in [0.4, 0.5) is 0 Å². The van der Waals surface area contributed by atoms with Gasteiger partial charge in [0.2, 0.25) is 0 Å². The van der Waals surface area contributed by atoms with E-state index in [4.69, 9.17) is 11.6 Å². The van der Waals surface area contributed by atoms with Crippen molar-refractivity contribution in [2.75, 3.05) is 0 Å². The molecule has 5 heteroatoms. The minimum Gasteiger partial charge on any atom is -0.330 e. The Labute approximate surface area is 79.1 Å². The molecule has 2 aromatic heterocycles. The van der Waals surface area contributed by atoms with Gasteiger partial charge >= 0.3 is 0 Å². The van der Waals surface area contributed by atoms with Crippen molar-refractivity contribution in [1.29, 1.82) is 0 Å². The second kappa shape index (κ2) is 2.60. The molecule has 2 rings (SSSR count). The van der Waals surface area contributed by atoms with Crippen LogP contribution in [-0.4, -0.2) is 14.8 Å². The maximum atomic E-state index is 11.5. The van der Waals surface area contributed by atoms with Crippen LogP contribution in [0.15, 0.2) is 10.9 Å². The van der Waals surface area contributed by atoms with Crippen LogP contribution in [-0.2, 0) is 7.05 Å². The highest BCUT2D eigenvalue weighted by molar-refractivity contribution is 6.29. The van der Waals surface area contributed by atoms with Gasteiger partial charge in [0.25, 0.3) is 0 Å². The van der Waals surface area contributed by atoms with Gasteiger partial charge in [-0.15, -0.1) is 0 Å². The van der Waals surface area contributed by atoms with Crippen LogP contribution >= 0.6 is 11.6 Å². The van der Waals surface area contributed by atoms with E-state index in [1.165, 1.54) is 6.07 Å². The lowest BCUT2D eigenvalue weighted by molar-refractivity contribution is 0.774. The van der Waals surface area contributed by atoms with E-state index >= 15 is 0 Å². The van der Waals surface area contributed by atoms with E-state index in [0.717, 1.165) is 5.69 Å². The molecule has 1 N–H and O–H groups in total. The fraction of sp³-hybridized carbons (Fsp3) is 0.250. The minimum absolute atomic E-state index is 0.0932. The van der Waals surface area contributed by atoms with E-state index in [9.17, 15) is 4.79 Å². The van der Waals surface area contributed by atoms with Crippen LogP contribution in [0.3, 0.4) is 0 Å². The third-order valence-corrected chi connectivity index (χ3v) is 2.17. The third-order valence-electron chi connectivity index (χ3n) is 1.96. The number of aromatic amines is 1. The highest BCUT2D eigenvalue weighted by atomic mass is 35.5. The summed E-state index contributed by atoms with van der Waals surface area (Å²) in [4.78, 5) is 14.4. The molecule has 0 bridgehead atoms. The number of nitrogens with one attached hydrogen (secondary N) is 1. The van der Waals surface area contributed by atoms with Gasteiger partial charge in [-0.2, -0.15) is 5.10 Å². The first-order valence-electron chi connectivity index (χ1n) is 3.81. The number of aryl methyl sites for hydroxylation is 2. The second-order valence-corrected chi connectivity index (χ2v) is 3.32. The number of H-pyrrole nitrogens is 1. The summed E-state index contributed by atoms with van der Waals surface area (Å²) in [5.74, 6) is 0. The summed E-state index contributed by atoms with van der Waals surface area (Å²) in [7, 11) is 1.77. The molecule has 0 saturated carbocycles. The van der Waals surface area contributed by atoms with Crippen molar-refractivity contribution in [3.63, 3.8) is 0 Å². The van der Waals surface area contributed by atoms with Crippen LogP contribution in [0, 0.1) is 6.92 Å². The van der Waals surface area contributed by atoms with Crippen molar-refractivity contribution < 1.29 is 0 Å². The molecule has 0 amide bonds. The van der Waals surface area contributed by atoms with Crippen molar-refractivity contribution in [2.45, 2.75) is 6.92 Å². The Hall–Kier alpha value is -1.29. The summed E-state index contributed by atoms with van der Waals surface area (Å²) < 4.78 is 1.61. The lowest BCUT2D eigenvalue weighted by Gasteiger charge is -1.94. The largest absolute Gasteiger partial charge is 0.330 e. The summed E-state index contributed by atoms with van der Waals surface area (Å²) >= 11 is 5.71. The molecule has 0 atom stereocenters. The first-order valence-corrected chi connectivity index (χ1v) is 4.19. The predicted molar refractivity (Wildman–Crippen MR) is 51.1 cm³/mol. The molecule has 68 valence electrons. The zero-order valence-electron chi connectivity index (χ0n) is 7.26. The number of rotatable bonds is 0. The molecular formula is C8H8ClN3O. The molecule has 2 heterocycles. The van der Waals surface area contributed by atoms with Crippen LogP contribution in [0.1, 0.15) is 5.69 Å². The molecule has 0 aromatic carbocycles. The van der Waals surface area contributed by atoms with Crippen LogP contribution < -0.4 is 5.43 Å². The molecule has 0 radical (unpaired) electrons. The van der Waals surface area contributed by atoms with Crippen LogP contribution in [0.5, 0.6) is 0 Å². The Morgan fingerprint density at radius 1 is 1.62 bits per heavy atom. The van der Waals surface area contributed by atoms with Crippen LogP contribution in [0.25, 0.3) is 11.0 Å². The number of pyridine rings is 1. The maximum absolute atomic E-state index is 11.5. The van der Waals surface area contributed by atoms with Gasteiger partial charge < -0.3 is 4.98 Å². The van der Waals surface area contributed by atoms with Gasteiger partial charge in [0.1, 0.15) is 10.8 Å². The van der Waals surface area contributed by atoms with Gasteiger partial charge in [0, 0.05) is 13.1 Å². The Morgan fingerprint density at radius 2 is 2.31 bits per heavy atom. The average Bonchev–Trinajstić information content (AvgIpc) is 2.27. The average molecular weight is 198 g/mol. The summed E-state index contributed by atoms with van der Waals surface area (Å²) in [5, 5.41) is 5.06. The summed E-state index contributed by atoms with van der Waals surface area (Å²) in [5.41, 5.74) is 1.29. The Bertz CT molecular complexity index is 526. The van der Waals surface area contributed by atoms with Gasteiger partial charge in [-0.05, 0) is 6.92 Å². The molecule has 0 fully saturated rings. The van der Waals surface area contributed by atoms with Gasteiger partial charge in [-0.3, -0.25) is 9.48 Å². The smallest absolute Gasteiger partial charge is 0.194 e. The van der Waals surface area contributed by atoms with E-state index in [2.05, 4.69) is 10.1 Å². The normalized spacial score (nSPS) is 11.0. The van der Waals surface area contributed by atoms with Crippen LogP contribution in [0.2, 0.25) is 5.15 Å². The lowest BCUT2D eigenvalue weighted by Crippen LogP contribution is -2.02. The minimum atomic E-state index is -0.0932. The third kappa shape index (κ3) is 1.14. The first-order chi connectivity index (χ1) is 6.09. The van der Waals surface area contributed by atoms with Gasteiger partial charge in [-0.1, -0.05) is 11.6 Å². The quantitative estimate of drug-likeness (QED) is 0.646. The molecule has 0 aliphatic carbocycles. The van der Waals surface area contributed by atoms with Crippen molar-refractivity contribution in [3.05, 3.63) is 27.1 Å². The van der Waals surface area contributed by atoms with Gasteiger partial charge in [0.05, 0.1) is 11.1 Å². The first kappa shape index (κ1) is 8.31. The monoisotopic (exact) mass is 197 g/mol.